The molecule has 6 heteroatoms. The summed E-state index contributed by atoms with van der Waals surface area (Å²) in [5.74, 6) is -0.138. The minimum absolute atomic E-state index is 0.0335. The second-order valence-corrected chi connectivity index (χ2v) is 5.60. The number of carbonyl (C=O) groups excluding carboxylic acids is 1. The molecule has 0 aliphatic carbocycles. The molecule has 1 amide bonds. The van der Waals surface area contributed by atoms with Gasteiger partial charge in [-0.05, 0) is 36.6 Å². The maximum Gasteiger partial charge on any atom is 0.251 e. The van der Waals surface area contributed by atoms with E-state index >= 15 is 0 Å². The fourth-order valence-electron chi connectivity index (χ4n) is 2.54. The van der Waals surface area contributed by atoms with Crippen LogP contribution in [0.1, 0.15) is 34.9 Å². The molecule has 3 heterocycles. The summed E-state index contributed by atoms with van der Waals surface area (Å²) in [6.07, 6.45) is 6.56. The molecule has 0 aromatic carbocycles. The number of amides is 1. The summed E-state index contributed by atoms with van der Waals surface area (Å²) in [5, 5.41) is 3.35. The highest BCUT2D eigenvalue weighted by Gasteiger charge is 2.25. The van der Waals surface area contributed by atoms with E-state index in [0.29, 0.717) is 17.3 Å². The molecule has 1 aliphatic heterocycles. The number of ether oxygens (including phenoxy) is 1. The van der Waals surface area contributed by atoms with E-state index in [1.54, 1.807) is 24.5 Å². The molecule has 0 saturated carbocycles. The molecule has 2 aromatic rings. The highest BCUT2D eigenvalue weighted by molar-refractivity contribution is 6.29. The third-order valence-electron chi connectivity index (χ3n) is 3.66. The third kappa shape index (κ3) is 3.61. The van der Waals surface area contributed by atoms with Gasteiger partial charge >= 0.3 is 0 Å². The van der Waals surface area contributed by atoms with Crippen molar-refractivity contribution < 1.29 is 9.53 Å². The van der Waals surface area contributed by atoms with Crippen LogP contribution in [0, 0.1) is 0 Å². The molecular formula is C16H16ClN3O2. The number of nitrogens with zero attached hydrogens (tertiary/aromatic N) is 2. The zero-order chi connectivity index (χ0) is 15.4. The molecule has 1 aliphatic rings. The molecule has 1 saturated heterocycles. The number of hydrogen-bond donors (Lipinski definition) is 1. The van der Waals surface area contributed by atoms with Crippen molar-refractivity contribution in [1.29, 1.82) is 0 Å². The third-order valence-corrected chi connectivity index (χ3v) is 3.87. The van der Waals surface area contributed by atoms with Crippen LogP contribution in [0.3, 0.4) is 0 Å². The molecule has 2 atom stereocenters. The fourth-order valence-corrected chi connectivity index (χ4v) is 2.71. The molecule has 114 valence electrons. The number of rotatable bonds is 3. The quantitative estimate of drug-likeness (QED) is 0.884. The number of nitrogens with one attached hydrogen (secondary N) is 1. The Labute approximate surface area is 133 Å². The zero-order valence-electron chi connectivity index (χ0n) is 11.9. The van der Waals surface area contributed by atoms with Crippen LogP contribution in [0.5, 0.6) is 0 Å². The van der Waals surface area contributed by atoms with Crippen LogP contribution in [0.25, 0.3) is 0 Å². The van der Waals surface area contributed by atoms with Gasteiger partial charge in [0.15, 0.2) is 0 Å². The van der Waals surface area contributed by atoms with Gasteiger partial charge in [-0.15, -0.1) is 0 Å². The van der Waals surface area contributed by atoms with Gasteiger partial charge in [-0.1, -0.05) is 17.7 Å². The lowest BCUT2D eigenvalue weighted by molar-refractivity contribution is 0.000725. The predicted molar refractivity (Wildman–Crippen MR) is 82.7 cm³/mol. The molecule has 0 spiro atoms. The summed E-state index contributed by atoms with van der Waals surface area (Å²) >= 11 is 5.82. The van der Waals surface area contributed by atoms with Crippen molar-refractivity contribution in [1.82, 2.24) is 15.3 Å². The number of hydrogen-bond acceptors (Lipinski definition) is 4. The van der Waals surface area contributed by atoms with E-state index in [0.717, 1.165) is 18.4 Å². The van der Waals surface area contributed by atoms with Crippen LogP contribution >= 0.6 is 11.6 Å². The normalized spacial score (nSPS) is 21.3. The van der Waals surface area contributed by atoms with Gasteiger partial charge in [0, 0.05) is 36.8 Å². The van der Waals surface area contributed by atoms with E-state index in [-0.39, 0.29) is 18.1 Å². The molecular weight excluding hydrogens is 302 g/mol. The van der Waals surface area contributed by atoms with Crippen LogP contribution in [-0.4, -0.2) is 28.5 Å². The summed E-state index contributed by atoms with van der Waals surface area (Å²) in [5.41, 5.74) is 1.55. The number of halogens is 1. The number of carbonyl (C=O) groups is 1. The van der Waals surface area contributed by atoms with E-state index in [4.69, 9.17) is 16.3 Å². The predicted octanol–water partition coefficient (Wildman–Crippen LogP) is 2.78. The van der Waals surface area contributed by atoms with Crippen molar-refractivity contribution in [3.8, 4) is 0 Å². The van der Waals surface area contributed by atoms with Crippen LogP contribution in [0.15, 0.2) is 42.9 Å². The van der Waals surface area contributed by atoms with Crippen molar-refractivity contribution >= 4 is 17.5 Å². The van der Waals surface area contributed by atoms with Crippen LogP contribution in [-0.2, 0) is 4.74 Å². The standard InChI is InChI=1S/C16H16ClN3O2/c17-15-8-11(3-6-19-15)16(21)20-13-4-7-22-14(9-13)12-2-1-5-18-10-12/h1-3,5-6,8,10,13-14H,4,7,9H2,(H,20,21). The van der Waals surface area contributed by atoms with Crippen LogP contribution in [0.4, 0.5) is 0 Å². The molecule has 3 rings (SSSR count). The van der Waals surface area contributed by atoms with Gasteiger partial charge < -0.3 is 10.1 Å². The Hall–Kier alpha value is -1.98. The van der Waals surface area contributed by atoms with Crippen molar-refractivity contribution in [2.45, 2.75) is 25.0 Å². The first kappa shape index (κ1) is 14.9. The topological polar surface area (TPSA) is 64.1 Å². The Kier molecular flexibility index (Phi) is 4.65. The average molecular weight is 318 g/mol. The lowest BCUT2D eigenvalue weighted by Crippen LogP contribution is -2.39. The molecule has 2 unspecified atom stereocenters. The van der Waals surface area contributed by atoms with Gasteiger partial charge in [-0.3, -0.25) is 9.78 Å². The maximum absolute atomic E-state index is 12.3. The molecule has 2 aromatic heterocycles. The van der Waals surface area contributed by atoms with Gasteiger partial charge in [0.25, 0.3) is 5.91 Å². The second kappa shape index (κ2) is 6.85. The largest absolute Gasteiger partial charge is 0.373 e. The van der Waals surface area contributed by atoms with Gasteiger partial charge in [-0.2, -0.15) is 0 Å². The van der Waals surface area contributed by atoms with Crippen LogP contribution in [0.2, 0.25) is 5.15 Å². The van der Waals surface area contributed by atoms with Crippen LogP contribution < -0.4 is 5.32 Å². The molecule has 0 bridgehead atoms. The van der Waals surface area contributed by atoms with Gasteiger partial charge in [0.2, 0.25) is 0 Å². The smallest absolute Gasteiger partial charge is 0.251 e. The minimum atomic E-state index is -0.138. The monoisotopic (exact) mass is 317 g/mol. The Bertz CT molecular complexity index is 651. The SMILES string of the molecule is O=C(NC1CCOC(c2cccnc2)C1)c1ccnc(Cl)c1. The van der Waals surface area contributed by atoms with Crippen molar-refractivity contribution in [2.24, 2.45) is 0 Å². The lowest BCUT2D eigenvalue weighted by Gasteiger charge is -2.30. The van der Waals surface area contributed by atoms with Gasteiger partial charge in [-0.25, -0.2) is 4.98 Å². The first-order chi connectivity index (χ1) is 10.7. The number of pyridine rings is 2. The Morgan fingerprint density at radius 2 is 2.27 bits per heavy atom. The summed E-state index contributed by atoms with van der Waals surface area (Å²) < 4.78 is 5.78. The fraction of sp³-hybridized carbons (Fsp3) is 0.312. The van der Waals surface area contributed by atoms with E-state index in [1.807, 2.05) is 12.1 Å². The first-order valence-electron chi connectivity index (χ1n) is 7.16. The van der Waals surface area contributed by atoms with E-state index in [2.05, 4.69) is 15.3 Å². The lowest BCUT2D eigenvalue weighted by atomic mass is 9.98. The summed E-state index contributed by atoms with van der Waals surface area (Å²) in [7, 11) is 0. The Morgan fingerprint density at radius 3 is 3.05 bits per heavy atom. The molecule has 1 N–H and O–H groups in total. The zero-order valence-corrected chi connectivity index (χ0v) is 12.7. The summed E-state index contributed by atoms with van der Waals surface area (Å²) in [4.78, 5) is 20.3. The van der Waals surface area contributed by atoms with E-state index < -0.39 is 0 Å². The van der Waals surface area contributed by atoms with E-state index in [9.17, 15) is 4.79 Å². The van der Waals surface area contributed by atoms with Gasteiger partial charge in [0.1, 0.15) is 5.15 Å². The van der Waals surface area contributed by atoms with E-state index in [1.165, 1.54) is 6.20 Å². The molecule has 1 fully saturated rings. The van der Waals surface area contributed by atoms with Crippen molar-refractivity contribution in [3.05, 3.63) is 59.1 Å². The van der Waals surface area contributed by atoms with Crippen molar-refractivity contribution in [2.75, 3.05) is 6.61 Å². The average Bonchev–Trinajstić information content (AvgIpc) is 2.56. The highest BCUT2D eigenvalue weighted by atomic mass is 35.5. The Balaban J connectivity index is 1.64. The molecule has 5 nitrogen and oxygen atoms in total. The Morgan fingerprint density at radius 1 is 1.36 bits per heavy atom. The number of aromatic nitrogens is 2. The first-order valence-corrected chi connectivity index (χ1v) is 7.54. The molecule has 22 heavy (non-hydrogen) atoms. The summed E-state index contributed by atoms with van der Waals surface area (Å²) in [6.45, 7) is 0.613. The van der Waals surface area contributed by atoms with Crippen molar-refractivity contribution in [3.63, 3.8) is 0 Å². The second-order valence-electron chi connectivity index (χ2n) is 5.21. The maximum atomic E-state index is 12.3. The van der Waals surface area contributed by atoms with Gasteiger partial charge in [0.05, 0.1) is 6.10 Å². The molecule has 0 radical (unpaired) electrons. The highest BCUT2D eigenvalue weighted by Crippen LogP contribution is 2.27. The minimum Gasteiger partial charge on any atom is -0.373 e. The summed E-state index contributed by atoms with van der Waals surface area (Å²) in [6, 6.07) is 7.16.